The number of nitrogen functional groups attached to an aromatic ring is 1. The van der Waals surface area contributed by atoms with E-state index in [0.29, 0.717) is 57.9 Å². The highest BCUT2D eigenvalue weighted by Crippen LogP contribution is 2.37. The van der Waals surface area contributed by atoms with Crippen molar-refractivity contribution < 1.29 is 30.4 Å². The van der Waals surface area contributed by atoms with Crippen LogP contribution in [0.1, 0.15) is 73.2 Å². The minimum absolute atomic E-state index is 0.0862. The first kappa shape index (κ1) is 53.6. The van der Waals surface area contributed by atoms with Crippen LogP contribution >= 0.6 is 0 Å². The zero-order valence-corrected chi connectivity index (χ0v) is 41.1. The van der Waals surface area contributed by atoms with Crippen molar-refractivity contribution in [2.24, 2.45) is 19.2 Å². The number of aromatic nitrogens is 4. The van der Waals surface area contributed by atoms with E-state index >= 15 is 0 Å². The second-order valence-corrected chi connectivity index (χ2v) is 20.0. The number of nitriles is 2. The molecule has 0 saturated heterocycles. The molecule has 0 saturated carbocycles. The van der Waals surface area contributed by atoms with Crippen LogP contribution < -0.4 is 20.9 Å². The van der Waals surface area contributed by atoms with Crippen molar-refractivity contribution in [2.45, 2.75) is 62.7 Å². The van der Waals surface area contributed by atoms with Crippen molar-refractivity contribution in [2.75, 3.05) is 39.2 Å². The molecule has 2 heterocycles. The summed E-state index contributed by atoms with van der Waals surface area (Å²) in [6.07, 6.45) is 0. The van der Waals surface area contributed by atoms with Crippen LogP contribution in [0.3, 0.4) is 0 Å². The maximum Gasteiger partial charge on any atom is 0.333 e. The number of primary sulfonamides is 1. The lowest BCUT2D eigenvalue weighted by molar-refractivity contribution is 0.256. The lowest BCUT2D eigenvalue weighted by Gasteiger charge is -2.19. The summed E-state index contributed by atoms with van der Waals surface area (Å²) in [5.41, 5.74) is 12.8. The van der Waals surface area contributed by atoms with Gasteiger partial charge in [-0.25, -0.2) is 31.9 Å². The number of anilines is 2. The number of carbonyl (C=O) groups is 1. The highest BCUT2D eigenvalue weighted by Gasteiger charge is 2.25. The van der Waals surface area contributed by atoms with E-state index in [-0.39, 0.29) is 33.4 Å². The van der Waals surface area contributed by atoms with Gasteiger partial charge in [0.05, 0.1) is 40.3 Å². The largest absolute Gasteiger partial charge is 0.398 e. The summed E-state index contributed by atoms with van der Waals surface area (Å²) in [5, 5.41) is 33.1. The lowest BCUT2D eigenvalue weighted by Crippen LogP contribution is -2.35. The molecule has 0 fully saturated rings. The summed E-state index contributed by atoms with van der Waals surface area (Å²) in [7, 11) is 2.80. The van der Waals surface area contributed by atoms with Crippen LogP contribution in [0.4, 0.5) is 25.0 Å². The Morgan fingerprint density at radius 3 is 1.59 bits per heavy atom. The number of benzene rings is 4. The second-order valence-electron chi connectivity index (χ2n) is 16.8. The first-order chi connectivity index (χ1) is 31.7. The number of urea groups is 1. The van der Waals surface area contributed by atoms with Crippen LogP contribution in [0.25, 0.3) is 22.3 Å². The number of nitrogens with zero attached hydrogens (tertiary/aromatic N) is 8. The molecule has 68 heavy (non-hydrogen) atoms. The second kappa shape index (κ2) is 22.7. The number of hydrogen-bond acceptors (Lipinski definition) is 12. The van der Waals surface area contributed by atoms with Crippen molar-refractivity contribution in [3.8, 4) is 34.4 Å². The average molecular weight is 971 g/mol. The smallest absolute Gasteiger partial charge is 0.333 e. The zero-order chi connectivity index (χ0) is 50.8. The first-order valence-electron chi connectivity index (χ1n) is 20.9. The average Bonchev–Trinajstić information content (AvgIpc) is 3.82. The maximum atomic E-state index is 14.5. The number of halogens is 2. The Kier molecular flexibility index (Phi) is 17.9. The van der Waals surface area contributed by atoms with E-state index in [0.717, 1.165) is 16.8 Å². The van der Waals surface area contributed by atoms with Gasteiger partial charge in [0, 0.05) is 56.1 Å². The standard InChI is InChI=1S/C24H27FN6O3S.C16H15FN2.C7H14N4O2S/c1-15(2)20-10-18(25)11-21(17-8-6-7-16(9-17)13-26)23(20)27-24(32)29-35(33,34)22-12-19(14-30(3)4)31(5)28-22;1-10(2)14-7-13(17)8-15(16(14)19)12-5-3-4-11(6-12)9-18;1-10(2)5-6-4-7(9-11(6)3)14(8,12)13/h6-12,15H,14H2,1-5H3,(H2,27,29,32);3-8,10H,19H2,1-2H3;4H,5H2,1-3H3,(H2,8,12,13). The molecule has 0 aliphatic carbocycles. The molecular weight excluding hydrogens is 915 g/mol. The number of nitrogens with one attached hydrogen (secondary N) is 2. The van der Waals surface area contributed by atoms with E-state index in [1.165, 1.54) is 45.8 Å². The van der Waals surface area contributed by atoms with Gasteiger partial charge in [0.1, 0.15) is 11.6 Å². The molecule has 21 heteroatoms. The van der Waals surface area contributed by atoms with Crippen molar-refractivity contribution in [3.05, 3.63) is 130 Å². The fraction of sp³-hybridized carbons (Fsp3) is 0.298. The van der Waals surface area contributed by atoms with E-state index in [1.54, 1.807) is 56.6 Å². The third-order valence-electron chi connectivity index (χ3n) is 10.1. The topological polar surface area (TPSA) is 251 Å². The van der Waals surface area contributed by atoms with E-state index < -0.39 is 31.9 Å². The maximum absolute atomic E-state index is 14.5. The Labute approximate surface area is 396 Å². The van der Waals surface area contributed by atoms with Gasteiger partial charge in [-0.3, -0.25) is 9.36 Å². The number of nitrogens with two attached hydrogens (primary N) is 2. The Morgan fingerprint density at radius 1 is 0.706 bits per heavy atom. The van der Waals surface area contributed by atoms with Gasteiger partial charge in [0.15, 0.2) is 10.1 Å². The summed E-state index contributed by atoms with van der Waals surface area (Å²) in [4.78, 5) is 16.6. The molecule has 2 aromatic heterocycles. The van der Waals surface area contributed by atoms with Gasteiger partial charge in [-0.2, -0.15) is 29.1 Å². The molecule has 0 aliphatic rings. The number of hydrogen-bond donors (Lipinski definition) is 4. The quantitative estimate of drug-likeness (QED) is 0.0906. The van der Waals surface area contributed by atoms with E-state index in [2.05, 4.69) is 21.6 Å². The summed E-state index contributed by atoms with van der Waals surface area (Å²) >= 11 is 0. The monoisotopic (exact) mass is 970 g/mol. The van der Waals surface area contributed by atoms with Crippen molar-refractivity contribution in [1.82, 2.24) is 34.1 Å². The Bertz CT molecular complexity index is 3100. The highest BCUT2D eigenvalue weighted by molar-refractivity contribution is 7.90. The van der Waals surface area contributed by atoms with Gasteiger partial charge in [-0.1, -0.05) is 52.0 Å². The molecule has 0 aliphatic heterocycles. The number of amides is 2. The predicted octanol–water partition coefficient (Wildman–Crippen LogP) is 6.99. The molecule has 0 unspecified atom stereocenters. The summed E-state index contributed by atoms with van der Waals surface area (Å²) in [6, 6.07) is 24.9. The van der Waals surface area contributed by atoms with Gasteiger partial charge in [-0.05, 0) is 111 Å². The van der Waals surface area contributed by atoms with Crippen molar-refractivity contribution in [1.29, 1.82) is 10.5 Å². The van der Waals surface area contributed by atoms with Crippen LogP contribution in [-0.2, 0) is 47.2 Å². The Morgan fingerprint density at radius 2 is 1.15 bits per heavy atom. The first-order valence-corrected chi connectivity index (χ1v) is 23.9. The SMILES string of the molecule is CC(C)c1cc(F)cc(-c2cccc(C#N)c2)c1N.CC(C)c1cc(F)cc(-c2cccc(C#N)c2)c1NC(=O)NS(=O)(=O)c1cc(CN(C)C)n(C)n1.CN(C)Cc1cc(S(N)(=O)=O)nn1C. The number of carbonyl (C=O) groups excluding carboxylic acids is 1. The fourth-order valence-corrected chi connectivity index (χ4v) is 8.26. The summed E-state index contributed by atoms with van der Waals surface area (Å²) < 4.78 is 80.8. The van der Waals surface area contributed by atoms with Gasteiger partial charge >= 0.3 is 6.03 Å². The fourth-order valence-electron chi connectivity index (χ4n) is 6.80. The minimum Gasteiger partial charge on any atom is -0.398 e. The van der Waals surface area contributed by atoms with E-state index in [1.807, 2.05) is 82.5 Å². The summed E-state index contributed by atoms with van der Waals surface area (Å²) in [6.45, 7) is 8.68. The Hall–Kier alpha value is -7.01. The number of rotatable bonds is 12. The molecule has 6 aromatic rings. The van der Waals surface area contributed by atoms with Crippen molar-refractivity contribution >= 4 is 37.5 Å². The molecule has 6 N–H and O–H groups in total. The molecular formula is C47H56F2N12O5S2. The third kappa shape index (κ3) is 14.2. The van der Waals surface area contributed by atoms with E-state index in [9.17, 15) is 35.7 Å². The molecule has 0 radical (unpaired) electrons. The highest BCUT2D eigenvalue weighted by atomic mass is 32.2. The molecule has 6 rings (SSSR count). The third-order valence-corrected chi connectivity index (χ3v) is 12.0. The minimum atomic E-state index is -4.28. The molecule has 0 spiro atoms. The van der Waals surface area contributed by atoms with Crippen LogP contribution in [0, 0.1) is 34.3 Å². The molecule has 4 aromatic carbocycles. The van der Waals surface area contributed by atoms with E-state index in [4.69, 9.17) is 16.1 Å². The Balaban J connectivity index is 0.000000254. The molecule has 17 nitrogen and oxygen atoms in total. The molecule has 2 amide bonds. The van der Waals surface area contributed by atoms with Crippen LogP contribution in [0.2, 0.25) is 0 Å². The van der Waals surface area contributed by atoms with Crippen LogP contribution in [0.5, 0.6) is 0 Å². The normalized spacial score (nSPS) is 11.4. The molecule has 360 valence electrons. The van der Waals surface area contributed by atoms with Gasteiger partial charge < -0.3 is 20.9 Å². The van der Waals surface area contributed by atoms with Crippen LogP contribution in [-0.4, -0.2) is 80.4 Å². The predicted molar refractivity (Wildman–Crippen MR) is 258 cm³/mol. The molecule has 0 atom stereocenters. The van der Waals surface area contributed by atoms with Gasteiger partial charge in [-0.15, -0.1) is 0 Å². The number of sulfonamides is 2. The summed E-state index contributed by atoms with van der Waals surface area (Å²) in [5.74, 6) is -0.879. The number of aryl methyl sites for hydroxylation is 2. The zero-order valence-electron chi connectivity index (χ0n) is 39.5. The van der Waals surface area contributed by atoms with Crippen molar-refractivity contribution in [3.63, 3.8) is 0 Å². The van der Waals surface area contributed by atoms with Gasteiger partial charge in [0.25, 0.3) is 20.0 Å². The van der Waals surface area contributed by atoms with Crippen LogP contribution in [0.15, 0.2) is 95.0 Å². The lowest BCUT2D eigenvalue weighted by atomic mass is 9.93. The van der Waals surface area contributed by atoms with Gasteiger partial charge in [0.2, 0.25) is 0 Å². The molecule has 0 bridgehead atoms.